The van der Waals surface area contributed by atoms with Crippen LogP contribution in [0.1, 0.15) is 12.5 Å². The summed E-state index contributed by atoms with van der Waals surface area (Å²) in [6.07, 6.45) is 0. The SMILES string of the molecule is CCOC(=O)C1=CSCN1Cc1ccccc1. The molecule has 4 heteroatoms. The Labute approximate surface area is 105 Å². The summed E-state index contributed by atoms with van der Waals surface area (Å²) in [5.41, 5.74) is 1.87. The highest BCUT2D eigenvalue weighted by Gasteiger charge is 2.23. The number of rotatable bonds is 4. The summed E-state index contributed by atoms with van der Waals surface area (Å²) in [4.78, 5) is 13.7. The zero-order chi connectivity index (χ0) is 12.1. The normalized spacial score (nSPS) is 14.6. The third-order valence-electron chi connectivity index (χ3n) is 2.47. The number of hydrogen-bond acceptors (Lipinski definition) is 4. The predicted molar refractivity (Wildman–Crippen MR) is 69.2 cm³/mol. The number of benzene rings is 1. The van der Waals surface area contributed by atoms with Crippen LogP contribution in [0, 0.1) is 0 Å². The van der Waals surface area contributed by atoms with Crippen LogP contribution < -0.4 is 0 Å². The molecule has 0 aliphatic carbocycles. The Kier molecular flexibility index (Phi) is 4.09. The molecule has 0 unspecified atom stereocenters. The molecule has 0 aromatic heterocycles. The summed E-state index contributed by atoms with van der Waals surface area (Å²) in [5.74, 6) is 0.580. The van der Waals surface area contributed by atoms with E-state index in [1.165, 1.54) is 5.56 Å². The molecule has 3 nitrogen and oxygen atoms in total. The van der Waals surface area contributed by atoms with Crippen molar-refractivity contribution < 1.29 is 9.53 Å². The van der Waals surface area contributed by atoms with Crippen LogP contribution in [-0.4, -0.2) is 23.4 Å². The lowest BCUT2D eigenvalue weighted by Crippen LogP contribution is -2.24. The first kappa shape index (κ1) is 12.0. The van der Waals surface area contributed by atoms with Crippen molar-refractivity contribution in [1.29, 1.82) is 0 Å². The van der Waals surface area contributed by atoms with Crippen LogP contribution in [-0.2, 0) is 16.1 Å². The molecular formula is C13H15NO2S. The summed E-state index contributed by atoms with van der Waals surface area (Å²) >= 11 is 1.63. The van der Waals surface area contributed by atoms with Gasteiger partial charge in [0.05, 0.1) is 12.5 Å². The predicted octanol–water partition coefficient (Wildman–Crippen LogP) is 2.60. The molecule has 0 amide bonds. The lowest BCUT2D eigenvalue weighted by molar-refractivity contribution is -0.140. The Morgan fingerprint density at radius 3 is 2.88 bits per heavy atom. The molecule has 1 aromatic carbocycles. The van der Waals surface area contributed by atoms with Gasteiger partial charge < -0.3 is 9.64 Å². The Morgan fingerprint density at radius 1 is 1.41 bits per heavy atom. The van der Waals surface area contributed by atoms with E-state index in [1.807, 2.05) is 35.4 Å². The van der Waals surface area contributed by atoms with E-state index in [-0.39, 0.29) is 5.97 Å². The molecular weight excluding hydrogens is 234 g/mol. The summed E-state index contributed by atoms with van der Waals surface area (Å²) in [6, 6.07) is 10.1. The number of nitrogens with zero attached hydrogens (tertiary/aromatic N) is 1. The molecule has 0 atom stereocenters. The Balaban J connectivity index is 2.02. The maximum atomic E-state index is 11.7. The Hall–Kier alpha value is -1.42. The smallest absolute Gasteiger partial charge is 0.355 e. The van der Waals surface area contributed by atoms with Crippen molar-refractivity contribution in [2.45, 2.75) is 13.5 Å². The van der Waals surface area contributed by atoms with Crippen LogP contribution in [0.3, 0.4) is 0 Å². The van der Waals surface area contributed by atoms with E-state index in [1.54, 1.807) is 11.8 Å². The molecule has 1 heterocycles. The second kappa shape index (κ2) is 5.77. The maximum Gasteiger partial charge on any atom is 0.355 e. The largest absolute Gasteiger partial charge is 0.461 e. The number of carbonyl (C=O) groups is 1. The van der Waals surface area contributed by atoms with Gasteiger partial charge >= 0.3 is 5.97 Å². The van der Waals surface area contributed by atoms with E-state index in [2.05, 4.69) is 12.1 Å². The van der Waals surface area contributed by atoms with E-state index in [4.69, 9.17) is 4.74 Å². The van der Waals surface area contributed by atoms with E-state index >= 15 is 0 Å². The first-order valence-electron chi connectivity index (χ1n) is 5.59. The summed E-state index contributed by atoms with van der Waals surface area (Å²) in [5, 5.41) is 1.88. The Bertz CT molecular complexity index is 417. The van der Waals surface area contributed by atoms with Gasteiger partial charge in [-0.1, -0.05) is 30.3 Å². The second-order valence-corrected chi connectivity index (χ2v) is 4.53. The van der Waals surface area contributed by atoms with Crippen molar-refractivity contribution in [1.82, 2.24) is 4.90 Å². The van der Waals surface area contributed by atoms with E-state index in [0.29, 0.717) is 12.3 Å². The van der Waals surface area contributed by atoms with Crippen LogP contribution in [0.5, 0.6) is 0 Å². The average Bonchev–Trinajstić information content (AvgIpc) is 2.79. The molecule has 0 fully saturated rings. The lowest BCUT2D eigenvalue weighted by atomic mass is 10.2. The van der Waals surface area contributed by atoms with Crippen molar-refractivity contribution in [2.75, 3.05) is 12.5 Å². The van der Waals surface area contributed by atoms with Gasteiger partial charge in [-0.25, -0.2) is 4.79 Å². The number of carbonyl (C=O) groups excluding carboxylic acids is 1. The highest BCUT2D eigenvalue weighted by molar-refractivity contribution is 8.02. The number of thioether (sulfide) groups is 1. The molecule has 0 spiro atoms. The van der Waals surface area contributed by atoms with Crippen LogP contribution in [0.4, 0.5) is 0 Å². The van der Waals surface area contributed by atoms with Gasteiger partial charge in [-0.2, -0.15) is 0 Å². The van der Waals surface area contributed by atoms with Gasteiger partial charge in [-0.15, -0.1) is 11.8 Å². The lowest BCUT2D eigenvalue weighted by Gasteiger charge is -2.20. The minimum atomic E-state index is -0.228. The molecule has 1 aromatic rings. The van der Waals surface area contributed by atoms with Crippen LogP contribution in [0.2, 0.25) is 0 Å². The quantitative estimate of drug-likeness (QED) is 0.767. The zero-order valence-electron chi connectivity index (χ0n) is 9.76. The highest BCUT2D eigenvalue weighted by Crippen LogP contribution is 2.25. The second-order valence-electron chi connectivity index (χ2n) is 3.70. The van der Waals surface area contributed by atoms with E-state index < -0.39 is 0 Å². The Morgan fingerprint density at radius 2 is 2.18 bits per heavy atom. The van der Waals surface area contributed by atoms with Crippen LogP contribution in [0.15, 0.2) is 41.4 Å². The van der Waals surface area contributed by atoms with Crippen molar-refractivity contribution >= 4 is 17.7 Å². The average molecular weight is 249 g/mol. The molecule has 0 saturated heterocycles. The van der Waals surface area contributed by atoms with Gasteiger partial charge in [0.25, 0.3) is 0 Å². The van der Waals surface area contributed by atoms with Crippen LogP contribution in [0.25, 0.3) is 0 Å². The monoisotopic (exact) mass is 249 g/mol. The van der Waals surface area contributed by atoms with Crippen molar-refractivity contribution in [3.63, 3.8) is 0 Å². The van der Waals surface area contributed by atoms with Gasteiger partial charge in [0.15, 0.2) is 0 Å². The highest BCUT2D eigenvalue weighted by atomic mass is 32.2. The molecule has 1 aliphatic rings. The summed E-state index contributed by atoms with van der Waals surface area (Å²) in [7, 11) is 0. The molecule has 2 rings (SSSR count). The van der Waals surface area contributed by atoms with Gasteiger partial charge in [0.1, 0.15) is 5.70 Å². The maximum absolute atomic E-state index is 11.7. The standard InChI is InChI=1S/C13H15NO2S/c1-2-16-13(15)12-9-17-10-14(12)8-11-6-4-3-5-7-11/h3-7,9H,2,8,10H2,1H3. The molecule has 0 saturated carbocycles. The minimum Gasteiger partial charge on any atom is -0.461 e. The molecule has 90 valence electrons. The van der Waals surface area contributed by atoms with E-state index in [0.717, 1.165) is 12.4 Å². The fraction of sp³-hybridized carbons (Fsp3) is 0.308. The topological polar surface area (TPSA) is 29.5 Å². The molecule has 0 bridgehead atoms. The van der Waals surface area contributed by atoms with Crippen molar-refractivity contribution in [2.24, 2.45) is 0 Å². The third kappa shape index (κ3) is 3.03. The molecule has 0 radical (unpaired) electrons. The minimum absolute atomic E-state index is 0.228. The van der Waals surface area contributed by atoms with Gasteiger partial charge in [-0.05, 0) is 12.5 Å². The number of hydrogen-bond donors (Lipinski definition) is 0. The first-order chi connectivity index (χ1) is 8.31. The molecule has 1 aliphatic heterocycles. The van der Waals surface area contributed by atoms with Gasteiger partial charge in [0, 0.05) is 12.0 Å². The zero-order valence-corrected chi connectivity index (χ0v) is 10.6. The molecule has 0 N–H and O–H groups in total. The fourth-order valence-corrected chi connectivity index (χ4v) is 2.56. The fourth-order valence-electron chi connectivity index (χ4n) is 1.67. The van der Waals surface area contributed by atoms with Gasteiger partial charge in [0.2, 0.25) is 0 Å². The van der Waals surface area contributed by atoms with Crippen LogP contribution >= 0.6 is 11.8 Å². The summed E-state index contributed by atoms with van der Waals surface area (Å²) < 4.78 is 5.03. The number of ether oxygens (including phenoxy) is 1. The number of esters is 1. The van der Waals surface area contributed by atoms with Gasteiger partial charge in [-0.3, -0.25) is 0 Å². The van der Waals surface area contributed by atoms with Crippen molar-refractivity contribution in [3.8, 4) is 0 Å². The van der Waals surface area contributed by atoms with Crippen molar-refractivity contribution in [3.05, 3.63) is 47.0 Å². The third-order valence-corrected chi connectivity index (χ3v) is 3.32. The first-order valence-corrected chi connectivity index (χ1v) is 6.64. The molecule has 17 heavy (non-hydrogen) atoms. The summed E-state index contributed by atoms with van der Waals surface area (Å²) in [6.45, 7) is 2.99. The van der Waals surface area contributed by atoms with E-state index in [9.17, 15) is 4.79 Å².